The molecule has 1 N–H and O–H groups in total. The number of carbonyl (C=O) groups is 1. The van der Waals surface area contributed by atoms with Crippen molar-refractivity contribution in [3.05, 3.63) is 65.2 Å². The summed E-state index contributed by atoms with van der Waals surface area (Å²) in [4.78, 5) is 17.8. The molecule has 0 amide bonds. The second-order valence-electron chi connectivity index (χ2n) is 6.65. The summed E-state index contributed by atoms with van der Waals surface area (Å²) in [5.41, 5.74) is 2.86. The lowest BCUT2D eigenvalue weighted by Crippen LogP contribution is -2.34. The number of rotatable bonds is 6. The van der Waals surface area contributed by atoms with Gasteiger partial charge in [-0.05, 0) is 49.2 Å². The minimum Gasteiger partial charge on any atom is -0.481 e. The largest absolute Gasteiger partial charge is 0.481 e. The number of aromatic nitrogens is 1. The van der Waals surface area contributed by atoms with Crippen LogP contribution in [-0.2, 0) is 17.8 Å². The molecule has 0 saturated carbocycles. The van der Waals surface area contributed by atoms with Gasteiger partial charge in [0.2, 0.25) is 0 Å². The number of aryl methyl sites for hydroxylation is 1. The van der Waals surface area contributed by atoms with Crippen molar-refractivity contribution in [1.82, 2.24) is 9.88 Å². The summed E-state index contributed by atoms with van der Waals surface area (Å²) in [7, 11) is 0. The Balaban J connectivity index is 1.64. The fourth-order valence-corrected chi connectivity index (χ4v) is 3.43. The molecule has 1 aliphatic heterocycles. The van der Waals surface area contributed by atoms with Gasteiger partial charge in [-0.1, -0.05) is 18.2 Å². The molecule has 1 fully saturated rings. The minimum atomic E-state index is -0.800. The predicted octanol–water partition coefficient (Wildman–Crippen LogP) is 3.62. The van der Waals surface area contributed by atoms with Crippen molar-refractivity contribution in [2.75, 3.05) is 13.1 Å². The average Bonchev–Trinajstić information content (AvgIpc) is 2.60. The molecular weight excluding hydrogens is 319 g/mol. The molecule has 132 valence electrons. The molecule has 0 spiro atoms. The van der Waals surface area contributed by atoms with E-state index in [2.05, 4.69) is 9.88 Å². The highest BCUT2D eigenvalue weighted by molar-refractivity contribution is 5.66. The predicted molar refractivity (Wildman–Crippen MR) is 93.8 cm³/mol. The summed E-state index contributed by atoms with van der Waals surface area (Å²) in [5, 5.41) is 8.83. The second-order valence-corrected chi connectivity index (χ2v) is 6.65. The topological polar surface area (TPSA) is 53.4 Å². The van der Waals surface area contributed by atoms with E-state index in [1.807, 2.05) is 24.3 Å². The van der Waals surface area contributed by atoms with E-state index in [1.54, 1.807) is 12.1 Å². The van der Waals surface area contributed by atoms with Gasteiger partial charge in [-0.3, -0.25) is 14.7 Å². The van der Waals surface area contributed by atoms with Gasteiger partial charge in [0.25, 0.3) is 0 Å². The summed E-state index contributed by atoms with van der Waals surface area (Å²) >= 11 is 0. The molecule has 1 atom stereocenters. The van der Waals surface area contributed by atoms with Crippen molar-refractivity contribution in [1.29, 1.82) is 0 Å². The van der Waals surface area contributed by atoms with Crippen LogP contribution in [0.15, 0.2) is 42.5 Å². The first-order valence-corrected chi connectivity index (χ1v) is 8.74. The third-order valence-corrected chi connectivity index (χ3v) is 4.64. The molecule has 0 unspecified atom stereocenters. The number of halogens is 1. The molecule has 25 heavy (non-hydrogen) atoms. The van der Waals surface area contributed by atoms with Crippen molar-refractivity contribution in [3.8, 4) is 0 Å². The first kappa shape index (κ1) is 17.5. The molecule has 1 aliphatic rings. The normalized spacial score (nSPS) is 18.2. The van der Waals surface area contributed by atoms with E-state index in [0.29, 0.717) is 12.3 Å². The minimum absolute atomic E-state index is 0.104. The standard InChI is InChI=1S/C20H23FN2O2/c21-17-6-1-4-15(12-17)13-23-11-3-5-16(14-23)19-8-2-7-18(22-19)9-10-20(24)25/h1-2,4,6-8,12,16H,3,5,9-11,13-14H2,(H,24,25)/t16-/m0/s1. The van der Waals surface area contributed by atoms with Crippen molar-refractivity contribution in [3.63, 3.8) is 0 Å². The van der Waals surface area contributed by atoms with E-state index in [9.17, 15) is 9.18 Å². The number of pyridine rings is 1. The molecule has 1 aromatic carbocycles. The van der Waals surface area contributed by atoms with Crippen LogP contribution in [0.4, 0.5) is 4.39 Å². The highest BCUT2D eigenvalue weighted by Gasteiger charge is 2.22. The third-order valence-electron chi connectivity index (χ3n) is 4.64. The summed E-state index contributed by atoms with van der Waals surface area (Å²) in [6.45, 7) is 2.64. The van der Waals surface area contributed by atoms with E-state index < -0.39 is 5.97 Å². The quantitative estimate of drug-likeness (QED) is 0.871. The van der Waals surface area contributed by atoms with E-state index >= 15 is 0 Å². The Morgan fingerprint density at radius 2 is 2.12 bits per heavy atom. The number of benzene rings is 1. The van der Waals surface area contributed by atoms with Gasteiger partial charge >= 0.3 is 5.97 Å². The van der Waals surface area contributed by atoms with E-state index in [4.69, 9.17) is 5.11 Å². The number of nitrogens with zero attached hydrogens (tertiary/aromatic N) is 2. The number of carboxylic acids is 1. The van der Waals surface area contributed by atoms with E-state index in [0.717, 1.165) is 49.4 Å². The summed E-state index contributed by atoms with van der Waals surface area (Å²) < 4.78 is 13.4. The van der Waals surface area contributed by atoms with Crippen molar-refractivity contribution < 1.29 is 14.3 Å². The lowest BCUT2D eigenvalue weighted by Gasteiger charge is -2.32. The van der Waals surface area contributed by atoms with E-state index in [1.165, 1.54) is 6.07 Å². The number of carboxylic acid groups (broad SMARTS) is 1. The Kier molecular flexibility index (Phi) is 5.76. The molecule has 1 saturated heterocycles. The maximum atomic E-state index is 13.4. The van der Waals surface area contributed by atoms with Gasteiger partial charge in [0.15, 0.2) is 0 Å². The number of hydrogen-bond acceptors (Lipinski definition) is 3. The molecular formula is C20H23FN2O2. The van der Waals surface area contributed by atoms with Gasteiger partial charge in [-0.25, -0.2) is 4.39 Å². The van der Waals surface area contributed by atoms with E-state index in [-0.39, 0.29) is 12.2 Å². The molecule has 5 heteroatoms. The van der Waals surface area contributed by atoms with Gasteiger partial charge in [-0.2, -0.15) is 0 Å². The number of piperidine rings is 1. The van der Waals surface area contributed by atoms with Gasteiger partial charge in [0.05, 0.1) is 6.42 Å². The highest BCUT2D eigenvalue weighted by atomic mass is 19.1. The summed E-state index contributed by atoms with van der Waals surface area (Å²) in [5.74, 6) is -0.655. The molecule has 2 heterocycles. The SMILES string of the molecule is O=C(O)CCc1cccc([C@H]2CCCN(Cc3cccc(F)c3)C2)n1. The zero-order valence-electron chi connectivity index (χ0n) is 14.2. The maximum absolute atomic E-state index is 13.4. The van der Waals surface area contributed by atoms with Crippen molar-refractivity contribution >= 4 is 5.97 Å². The zero-order chi connectivity index (χ0) is 17.6. The van der Waals surface area contributed by atoms with Crippen molar-refractivity contribution in [2.45, 2.75) is 38.1 Å². The van der Waals surface area contributed by atoms with Gasteiger partial charge < -0.3 is 5.11 Å². The Morgan fingerprint density at radius 1 is 1.28 bits per heavy atom. The maximum Gasteiger partial charge on any atom is 0.303 e. The van der Waals surface area contributed by atoms with Crippen LogP contribution in [0.3, 0.4) is 0 Å². The molecule has 0 aliphatic carbocycles. The molecule has 0 radical (unpaired) electrons. The fourth-order valence-electron chi connectivity index (χ4n) is 3.43. The summed E-state index contributed by atoms with van der Waals surface area (Å²) in [6, 6.07) is 12.6. The van der Waals surface area contributed by atoms with Crippen LogP contribution >= 0.6 is 0 Å². The summed E-state index contributed by atoms with van der Waals surface area (Å²) in [6.07, 6.45) is 2.73. The highest BCUT2D eigenvalue weighted by Crippen LogP contribution is 2.27. The Morgan fingerprint density at radius 3 is 2.92 bits per heavy atom. The first-order valence-electron chi connectivity index (χ1n) is 8.74. The monoisotopic (exact) mass is 342 g/mol. The lowest BCUT2D eigenvalue weighted by atomic mass is 9.93. The smallest absolute Gasteiger partial charge is 0.303 e. The van der Waals surface area contributed by atoms with Gasteiger partial charge in [-0.15, -0.1) is 0 Å². The van der Waals surface area contributed by atoms with Crippen LogP contribution < -0.4 is 0 Å². The number of likely N-dealkylation sites (tertiary alicyclic amines) is 1. The number of aliphatic carboxylic acids is 1. The molecule has 4 nitrogen and oxygen atoms in total. The third kappa shape index (κ3) is 5.10. The molecule has 1 aromatic heterocycles. The second kappa shape index (κ2) is 8.21. The van der Waals surface area contributed by atoms with Gasteiger partial charge in [0.1, 0.15) is 5.82 Å². The Labute approximate surface area is 147 Å². The fraction of sp³-hybridized carbons (Fsp3) is 0.400. The van der Waals surface area contributed by atoms with Crippen LogP contribution in [0.2, 0.25) is 0 Å². The number of hydrogen-bond donors (Lipinski definition) is 1. The van der Waals surface area contributed by atoms with Gasteiger partial charge in [0, 0.05) is 36.8 Å². The Hall–Kier alpha value is -2.27. The molecule has 2 aromatic rings. The first-order chi connectivity index (χ1) is 12.1. The van der Waals surface area contributed by atoms with Crippen LogP contribution in [0.5, 0.6) is 0 Å². The molecule has 0 bridgehead atoms. The van der Waals surface area contributed by atoms with Crippen LogP contribution in [0.25, 0.3) is 0 Å². The molecule has 3 rings (SSSR count). The lowest BCUT2D eigenvalue weighted by molar-refractivity contribution is -0.136. The van der Waals surface area contributed by atoms with Crippen LogP contribution in [-0.4, -0.2) is 34.0 Å². The van der Waals surface area contributed by atoms with Crippen LogP contribution in [0.1, 0.15) is 42.1 Å². The van der Waals surface area contributed by atoms with Crippen molar-refractivity contribution in [2.24, 2.45) is 0 Å². The Bertz CT molecular complexity index is 735. The average molecular weight is 342 g/mol. The zero-order valence-corrected chi connectivity index (χ0v) is 14.2. The van der Waals surface area contributed by atoms with Crippen LogP contribution in [0, 0.1) is 5.82 Å².